The summed E-state index contributed by atoms with van der Waals surface area (Å²) in [5, 5.41) is 7.42. The maximum absolute atomic E-state index is 2.44. The minimum Gasteiger partial charge on any atom is -0.0622 e. The number of benzene rings is 12. The monoisotopic (exact) mass is 836 g/mol. The summed E-state index contributed by atoms with van der Waals surface area (Å²) in [5.74, 6) is 0. The Kier molecular flexibility index (Phi) is 9.97. The third-order valence-corrected chi connectivity index (χ3v) is 13.2. The van der Waals surface area contributed by atoms with E-state index in [0.717, 1.165) is 11.1 Å². The van der Waals surface area contributed by atoms with E-state index >= 15 is 0 Å². The Morgan fingerprint density at radius 1 is 0.136 bits per heavy atom. The zero-order valence-corrected chi connectivity index (χ0v) is 36.4. The molecule has 0 saturated carbocycles. The van der Waals surface area contributed by atoms with Crippen LogP contribution in [0.5, 0.6) is 0 Å². The van der Waals surface area contributed by atoms with Gasteiger partial charge in [0.2, 0.25) is 0 Å². The standard InChI is InChI=1S/C66H44/c1-5-19-45(20-6-1)52-36-53(46-21-7-2-8-22-46)39-56(38-52)58-42-59(57-40-54(47-23-9-3-10-24-47)37-55(41-57)48-25-11-4-12-26-48)44-60(43-58)66-63-31-17-15-29-61(63)65(62-30-16-18-32-64(62)66)51-34-33-49-27-13-14-28-50(49)35-51/h1-44H. The van der Waals surface area contributed by atoms with Crippen molar-refractivity contribution in [2.24, 2.45) is 0 Å². The molecule has 0 N–H and O–H groups in total. The van der Waals surface area contributed by atoms with Gasteiger partial charge in [0.1, 0.15) is 0 Å². The molecule has 66 heavy (non-hydrogen) atoms. The molecule has 12 aromatic carbocycles. The molecule has 0 heterocycles. The zero-order chi connectivity index (χ0) is 43.8. The van der Waals surface area contributed by atoms with Crippen LogP contribution in [0.4, 0.5) is 0 Å². The summed E-state index contributed by atoms with van der Waals surface area (Å²) < 4.78 is 0. The molecule has 0 unspecified atom stereocenters. The van der Waals surface area contributed by atoms with E-state index in [1.807, 2.05) is 0 Å². The largest absolute Gasteiger partial charge is 0.0622 e. The van der Waals surface area contributed by atoms with Crippen molar-refractivity contribution in [3.05, 3.63) is 267 Å². The third kappa shape index (κ3) is 7.35. The van der Waals surface area contributed by atoms with Gasteiger partial charge in [-0.25, -0.2) is 0 Å². The van der Waals surface area contributed by atoms with Crippen LogP contribution < -0.4 is 0 Å². The Morgan fingerprint density at radius 2 is 0.394 bits per heavy atom. The molecule has 0 fully saturated rings. The second-order valence-electron chi connectivity index (χ2n) is 17.3. The van der Waals surface area contributed by atoms with Crippen LogP contribution in [0.15, 0.2) is 267 Å². The van der Waals surface area contributed by atoms with Gasteiger partial charge >= 0.3 is 0 Å². The quantitative estimate of drug-likeness (QED) is 0.134. The summed E-state index contributed by atoms with van der Waals surface area (Å²) in [6.07, 6.45) is 0. The zero-order valence-electron chi connectivity index (χ0n) is 36.4. The molecule has 0 atom stereocenters. The van der Waals surface area contributed by atoms with E-state index in [1.54, 1.807) is 0 Å². The lowest BCUT2D eigenvalue weighted by atomic mass is 9.83. The maximum atomic E-state index is 2.44. The fraction of sp³-hybridized carbons (Fsp3) is 0. The number of hydrogen-bond donors (Lipinski definition) is 0. The normalized spacial score (nSPS) is 11.3. The molecule has 12 rings (SSSR count). The van der Waals surface area contributed by atoms with Gasteiger partial charge in [-0.1, -0.05) is 206 Å². The molecule has 0 nitrogen and oxygen atoms in total. The topological polar surface area (TPSA) is 0 Å². The summed E-state index contributed by atoms with van der Waals surface area (Å²) in [6, 6.07) is 98.2. The highest BCUT2D eigenvalue weighted by Gasteiger charge is 2.20. The minimum atomic E-state index is 1.16. The molecule has 0 radical (unpaired) electrons. The molecule has 308 valence electrons. The Labute approximate surface area is 386 Å². The number of rotatable bonds is 8. The Morgan fingerprint density at radius 3 is 0.742 bits per heavy atom. The van der Waals surface area contributed by atoms with Gasteiger partial charge in [0.05, 0.1) is 0 Å². The van der Waals surface area contributed by atoms with Crippen molar-refractivity contribution in [2.75, 3.05) is 0 Å². The molecule has 0 bridgehead atoms. The fourth-order valence-corrected chi connectivity index (χ4v) is 9.98. The first kappa shape index (κ1) is 39.0. The van der Waals surface area contributed by atoms with Gasteiger partial charge in [0.25, 0.3) is 0 Å². The van der Waals surface area contributed by atoms with E-state index in [4.69, 9.17) is 0 Å². The van der Waals surface area contributed by atoms with E-state index in [1.165, 1.54) is 110 Å². The lowest BCUT2D eigenvalue weighted by Gasteiger charge is -2.20. The van der Waals surface area contributed by atoms with Gasteiger partial charge in [0.15, 0.2) is 0 Å². The summed E-state index contributed by atoms with van der Waals surface area (Å²) in [7, 11) is 0. The first-order chi connectivity index (χ1) is 32.7. The molecular weight excluding hydrogens is 793 g/mol. The van der Waals surface area contributed by atoms with Gasteiger partial charge in [-0.05, 0) is 182 Å². The van der Waals surface area contributed by atoms with Crippen LogP contribution in [0.25, 0.3) is 121 Å². The van der Waals surface area contributed by atoms with Crippen molar-refractivity contribution in [1.82, 2.24) is 0 Å². The molecule has 0 amide bonds. The Bertz CT molecular complexity index is 3400. The second-order valence-corrected chi connectivity index (χ2v) is 17.3. The highest BCUT2D eigenvalue weighted by Crippen LogP contribution is 2.47. The smallest absolute Gasteiger partial charge is 0.00259 e. The number of fused-ring (bicyclic) bond motifs is 3. The summed E-state index contributed by atoms with van der Waals surface area (Å²) in [6.45, 7) is 0. The van der Waals surface area contributed by atoms with E-state index in [0.29, 0.717) is 0 Å². The lowest BCUT2D eigenvalue weighted by molar-refractivity contribution is 1.54. The molecule has 0 aliphatic rings. The van der Waals surface area contributed by atoms with Crippen LogP contribution >= 0.6 is 0 Å². The van der Waals surface area contributed by atoms with Crippen LogP contribution in [0.3, 0.4) is 0 Å². The van der Waals surface area contributed by atoms with E-state index < -0.39 is 0 Å². The molecule has 0 aliphatic carbocycles. The van der Waals surface area contributed by atoms with Crippen molar-refractivity contribution >= 4 is 32.3 Å². The van der Waals surface area contributed by atoms with Crippen LogP contribution in [-0.2, 0) is 0 Å². The summed E-state index contributed by atoms with van der Waals surface area (Å²) in [5.41, 5.74) is 19.1. The van der Waals surface area contributed by atoms with Gasteiger partial charge in [-0.3, -0.25) is 0 Å². The lowest BCUT2D eigenvalue weighted by Crippen LogP contribution is -1.93. The van der Waals surface area contributed by atoms with Crippen molar-refractivity contribution in [1.29, 1.82) is 0 Å². The van der Waals surface area contributed by atoms with E-state index in [-0.39, 0.29) is 0 Å². The Hall–Kier alpha value is -8.58. The molecule has 0 spiro atoms. The van der Waals surface area contributed by atoms with Crippen molar-refractivity contribution in [2.45, 2.75) is 0 Å². The molecular formula is C66H44. The van der Waals surface area contributed by atoms with Crippen molar-refractivity contribution in [3.8, 4) is 89.0 Å². The molecule has 12 aromatic rings. The first-order valence-corrected chi connectivity index (χ1v) is 22.8. The Balaban J connectivity index is 1.16. The highest BCUT2D eigenvalue weighted by atomic mass is 14.2. The minimum absolute atomic E-state index is 1.16. The van der Waals surface area contributed by atoms with Gasteiger partial charge in [-0.2, -0.15) is 0 Å². The predicted molar refractivity (Wildman–Crippen MR) is 282 cm³/mol. The number of hydrogen-bond acceptors (Lipinski definition) is 0. The van der Waals surface area contributed by atoms with Gasteiger partial charge < -0.3 is 0 Å². The second kappa shape index (κ2) is 16.8. The molecule has 0 saturated heterocycles. The molecule has 0 heteroatoms. The van der Waals surface area contributed by atoms with Crippen LogP contribution in [0.1, 0.15) is 0 Å². The highest BCUT2D eigenvalue weighted by molar-refractivity contribution is 6.22. The van der Waals surface area contributed by atoms with E-state index in [9.17, 15) is 0 Å². The van der Waals surface area contributed by atoms with Crippen molar-refractivity contribution in [3.63, 3.8) is 0 Å². The van der Waals surface area contributed by atoms with E-state index in [2.05, 4.69) is 267 Å². The van der Waals surface area contributed by atoms with Gasteiger partial charge in [0, 0.05) is 0 Å². The van der Waals surface area contributed by atoms with Crippen LogP contribution in [0.2, 0.25) is 0 Å². The average molecular weight is 837 g/mol. The summed E-state index contributed by atoms with van der Waals surface area (Å²) in [4.78, 5) is 0. The van der Waals surface area contributed by atoms with Gasteiger partial charge in [-0.15, -0.1) is 0 Å². The third-order valence-electron chi connectivity index (χ3n) is 13.2. The van der Waals surface area contributed by atoms with Crippen LogP contribution in [0, 0.1) is 0 Å². The fourth-order valence-electron chi connectivity index (χ4n) is 9.98. The average Bonchev–Trinajstić information content (AvgIpc) is 3.40. The SMILES string of the molecule is c1ccc(-c2cc(-c3ccccc3)cc(-c3cc(-c4cc(-c5ccccc5)cc(-c5ccccc5)c4)cc(-c4c5ccccc5c(-c5ccc6ccccc6c5)c5ccccc45)c3)c2)cc1. The molecule has 0 aromatic heterocycles. The van der Waals surface area contributed by atoms with Crippen molar-refractivity contribution < 1.29 is 0 Å². The predicted octanol–water partition coefficient (Wildman–Crippen LogP) is 18.5. The van der Waals surface area contributed by atoms with Crippen LogP contribution in [-0.4, -0.2) is 0 Å². The molecule has 0 aliphatic heterocycles. The maximum Gasteiger partial charge on any atom is -0.00259 e. The summed E-state index contributed by atoms with van der Waals surface area (Å²) >= 11 is 0. The first-order valence-electron chi connectivity index (χ1n) is 22.8.